The molecule has 6 heteroatoms. The van der Waals surface area contributed by atoms with E-state index in [0.29, 0.717) is 23.6 Å². The number of benzene rings is 2. The van der Waals surface area contributed by atoms with Gasteiger partial charge in [0.25, 0.3) is 5.91 Å². The van der Waals surface area contributed by atoms with Crippen LogP contribution in [0.2, 0.25) is 0 Å². The predicted molar refractivity (Wildman–Crippen MR) is 106 cm³/mol. The van der Waals surface area contributed by atoms with Gasteiger partial charge < -0.3 is 19.9 Å². The Hall–Kier alpha value is -2.83. The average molecular weight is 383 g/mol. The van der Waals surface area contributed by atoms with Crippen LogP contribution in [0, 0.1) is 0 Å². The van der Waals surface area contributed by atoms with Crippen LogP contribution in [0.5, 0.6) is 11.5 Å². The van der Waals surface area contributed by atoms with Crippen molar-refractivity contribution in [3.8, 4) is 11.5 Å². The van der Waals surface area contributed by atoms with Crippen LogP contribution in [0.4, 0.5) is 0 Å². The fraction of sp³-hybridized carbons (Fsp3) is 0.190. The normalized spacial score (nSPS) is 11.7. The van der Waals surface area contributed by atoms with Gasteiger partial charge in [-0.15, -0.1) is 11.3 Å². The molecule has 1 heterocycles. The Labute approximate surface area is 162 Å². The minimum atomic E-state index is -0.661. The number of hydrogen-bond acceptors (Lipinski definition) is 5. The van der Waals surface area contributed by atoms with E-state index >= 15 is 0 Å². The number of aliphatic hydroxyl groups is 1. The number of amides is 1. The van der Waals surface area contributed by atoms with Gasteiger partial charge in [0, 0.05) is 15.3 Å². The number of hydrogen-bond donors (Lipinski definition) is 2. The summed E-state index contributed by atoms with van der Waals surface area (Å²) in [4.78, 5) is 14.2. The van der Waals surface area contributed by atoms with Crippen molar-refractivity contribution in [3.63, 3.8) is 0 Å². The van der Waals surface area contributed by atoms with Crippen LogP contribution in [0.1, 0.15) is 31.8 Å². The minimum absolute atomic E-state index is 0.200. The third-order valence-electron chi connectivity index (χ3n) is 4.14. The molecule has 3 rings (SSSR count). The van der Waals surface area contributed by atoms with Crippen molar-refractivity contribution in [1.82, 2.24) is 5.32 Å². The minimum Gasteiger partial charge on any atom is -0.493 e. The Balaban J connectivity index is 1.64. The van der Waals surface area contributed by atoms with Crippen molar-refractivity contribution in [2.24, 2.45) is 0 Å². The second kappa shape index (κ2) is 8.70. The molecule has 0 radical (unpaired) electrons. The smallest absolute Gasteiger partial charge is 0.251 e. The Morgan fingerprint density at radius 3 is 2.48 bits per heavy atom. The molecule has 1 amide bonds. The van der Waals surface area contributed by atoms with Gasteiger partial charge in [0.15, 0.2) is 11.5 Å². The Morgan fingerprint density at radius 1 is 1.04 bits per heavy atom. The third kappa shape index (κ3) is 4.48. The van der Waals surface area contributed by atoms with Crippen LogP contribution in [0.15, 0.2) is 60.7 Å². The zero-order valence-electron chi connectivity index (χ0n) is 15.1. The fourth-order valence-electron chi connectivity index (χ4n) is 2.68. The topological polar surface area (TPSA) is 67.8 Å². The lowest BCUT2D eigenvalue weighted by Crippen LogP contribution is -2.22. The summed E-state index contributed by atoms with van der Waals surface area (Å²) in [5.41, 5.74) is 1.34. The van der Waals surface area contributed by atoms with E-state index in [-0.39, 0.29) is 5.91 Å². The van der Waals surface area contributed by atoms with Gasteiger partial charge >= 0.3 is 0 Å². The van der Waals surface area contributed by atoms with Crippen LogP contribution in [0.25, 0.3) is 0 Å². The van der Waals surface area contributed by atoms with E-state index in [9.17, 15) is 9.90 Å². The number of ether oxygens (including phenoxy) is 2. The summed E-state index contributed by atoms with van der Waals surface area (Å²) in [5.74, 6) is 0.885. The molecule has 0 aliphatic rings. The molecule has 0 saturated carbocycles. The molecule has 27 heavy (non-hydrogen) atoms. The van der Waals surface area contributed by atoms with Crippen molar-refractivity contribution in [1.29, 1.82) is 0 Å². The summed E-state index contributed by atoms with van der Waals surface area (Å²) in [6.45, 7) is 0.388. The van der Waals surface area contributed by atoms with Gasteiger partial charge in [0.2, 0.25) is 0 Å². The first kappa shape index (κ1) is 18.9. The standard InChI is InChI=1S/C21H21NO4S/c1-25-17-10-8-15(12-18(17)26-2)21(24)22-13-16-9-11-19(27-16)20(23)14-6-4-3-5-7-14/h3-12,20,23H,13H2,1-2H3,(H,22,24). The number of rotatable bonds is 7. The molecule has 1 aromatic heterocycles. The summed E-state index contributed by atoms with van der Waals surface area (Å²) >= 11 is 1.48. The largest absolute Gasteiger partial charge is 0.493 e. The number of aliphatic hydroxyl groups excluding tert-OH is 1. The second-order valence-corrected chi connectivity index (χ2v) is 7.07. The number of methoxy groups -OCH3 is 2. The monoisotopic (exact) mass is 383 g/mol. The molecule has 1 atom stereocenters. The molecule has 0 aliphatic heterocycles. The molecule has 2 N–H and O–H groups in total. The van der Waals surface area contributed by atoms with Crippen LogP contribution < -0.4 is 14.8 Å². The van der Waals surface area contributed by atoms with Gasteiger partial charge in [-0.05, 0) is 35.9 Å². The number of thiophene rings is 1. The van der Waals surface area contributed by atoms with Crippen molar-refractivity contribution >= 4 is 17.2 Å². The Kier molecular flexibility index (Phi) is 6.11. The van der Waals surface area contributed by atoms with Crippen molar-refractivity contribution in [3.05, 3.63) is 81.5 Å². The highest BCUT2D eigenvalue weighted by Crippen LogP contribution is 2.29. The Bertz CT molecular complexity index is 908. The predicted octanol–water partition coefficient (Wildman–Crippen LogP) is 3.78. The lowest BCUT2D eigenvalue weighted by molar-refractivity contribution is 0.0951. The highest BCUT2D eigenvalue weighted by Gasteiger charge is 2.14. The molecule has 1 unspecified atom stereocenters. The molecule has 0 aliphatic carbocycles. The van der Waals surface area contributed by atoms with Crippen LogP contribution >= 0.6 is 11.3 Å². The van der Waals surface area contributed by atoms with E-state index in [1.54, 1.807) is 25.3 Å². The van der Waals surface area contributed by atoms with E-state index in [1.165, 1.54) is 18.4 Å². The van der Waals surface area contributed by atoms with Crippen molar-refractivity contribution < 1.29 is 19.4 Å². The van der Waals surface area contributed by atoms with Gasteiger partial charge in [-0.3, -0.25) is 4.79 Å². The van der Waals surface area contributed by atoms with Gasteiger partial charge in [-0.1, -0.05) is 30.3 Å². The summed E-state index contributed by atoms with van der Waals surface area (Å²) < 4.78 is 10.4. The summed E-state index contributed by atoms with van der Waals surface area (Å²) in [5, 5.41) is 13.4. The lowest BCUT2D eigenvalue weighted by Gasteiger charge is -2.10. The summed E-state index contributed by atoms with van der Waals surface area (Å²) in [6.07, 6.45) is -0.661. The molecule has 5 nitrogen and oxygen atoms in total. The molecule has 0 saturated heterocycles. The Morgan fingerprint density at radius 2 is 1.78 bits per heavy atom. The molecule has 2 aromatic carbocycles. The molecular weight excluding hydrogens is 362 g/mol. The highest BCUT2D eigenvalue weighted by atomic mass is 32.1. The lowest BCUT2D eigenvalue weighted by atomic mass is 10.1. The van der Waals surface area contributed by atoms with Crippen molar-refractivity contribution in [2.45, 2.75) is 12.6 Å². The number of nitrogens with one attached hydrogen (secondary N) is 1. The molecular formula is C21H21NO4S. The van der Waals surface area contributed by atoms with E-state index in [2.05, 4.69) is 5.32 Å². The van der Waals surface area contributed by atoms with E-state index in [4.69, 9.17) is 9.47 Å². The molecule has 0 fully saturated rings. The average Bonchev–Trinajstić information content (AvgIpc) is 3.20. The van der Waals surface area contributed by atoms with E-state index < -0.39 is 6.10 Å². The van der Waals surface area contributed by atoms with Gasteiger partial charge in [0.05, 0.1) is 20.8 Å². The summed E-state index contributed by atoms with van der Waals surface area (Å²) in [7, 11) is 3.08. The summed E-state index contributed by atoms with van der Waals surface area (Å²) in [6, 6.07) is 18.3. The maximum Gasteiger partial charge on any atom is 0.251 e. The second-order valence-electron chi connectivity index (χ2n) is 5.87. The molecule has 0 bridgehead atoms. The van der Waals surface area contributed by atoms with Gasteiger partial charge in [-0.25, -0.2) is 0 Å². The first-order chi connectivity index (χ1) is 13.1. The number of carbonyl (C=O) groups excluding carboxylic acids is 1. The SMILES string of the molecule is COc1ccc(C(=O)NCc2ccc(C(O)c3ccccc3)s2)cc1OC. The maximum absolute atomic E-state index is 12.4. The van der Waals surface area contributed by atoms with E-state index in [0.717, 1.165) is 15.3 Å². The highest BCUT2D eigenvalue weighted by molar-refractivity contribution is 7.12. The zero-order chi connectivity index (χ0) is 19.2. The van der Waals surface area contributed by atoms with Crippen LogP contribution in [0.3, 0.4) is 0 Å². The van der Waals surface area contributed by atoms with Crippen LogP contribution in [-0.4, -0.2) is 25.2 Å². The molecule has 3 aromatic rings. The van der Waals surface area contributed by atoms with Crippen LogP contribution in [-0.2, 0) is 6.54 Å². The number of carbonyl (C=O) groups is 1. The third-order valence-corrected chi connectivity index (χ3v) is 5.27. The zero-order valence-corrected chi connectivity index (χ0v) is 16.0. The van der Waals surface area contributed by atoms with E-state index in [1.807, 2.05) is 42.5 Å². The quantitative estimate of drug-likeness (QED) is 0.652. The first-order valence-corrected chi connectivity index (χ1v) is 9.26. The van der Waals surface area contributed by atoms with Crippen molar-refractivity contribution in [2.75, 3.05) is 14.2 Å². The van der Waals surface area contributed by atoms with Gasteiger partial charge in [-0.2, -0.15) is 0 Å². The first-order valence-electron chi connectivity index (χ1n) is 8.44. The fourth-order valence-corrected chi connectivity index (χ4v) is 3.65. The molecule has 140 valence electrons. The molecule has 0 spiro atoms. The maximum atomic E-state index is 12.4. The van der Waals surface area contributed by atoms with Gasteiger partial charge in [0.1, 0.15) is 6.10 Å².